The van der Waals surface area contributed by atoms with Crippen LogP contribution in [0.25, 0.3) is 0 Å². The molecule has 6 heteroatoms. The number of aliphatic carboxylic acids is 1. The zero-order chi connectivity index (χ0) is 14.1. The summed E-state index contributed by atoms with van der Waals surface area (Å²) in [6, 6.07) is -0.322. The summed E-state index contributed by atoms with van der Waals surface area (Å²) in [5, 5.41) is 14.5. The molecule has 2 fully saturated rings. The number of esters is 1. The summed E-state index contributed by atoms with van der Waals surface area (Å²) in [6.45, 7) is 1.80. The summed E-state index contributed by atoms with van der Waals surface area (Å²) in [6.07, 6.45) is 6.18. The van der Waals surface area contributed by atoms with Gasteiger partial charge in [0, 0.05) is 0 Å². The highest BCUT2D eigenvalue weighted by Gasteiger charge is 2.20. The standard InChI is InChI=1S/C7H13NO2.C6H11NO2/c1-10-7(9)6-4-2-3-5-8-6;8-6(9)5-3-1-2-4-7-5/h6,8H,2-5H2,1H3;5,7H,1-4H2,(H,8,9)/t6-;5-/m11/s1. The van der Waals surface area contributed by atoms with Crippen LogP contribution in [0.3, 0.4) is 0 Å². The van der Waals surface area contributed by atoms with Crippen LogP contribution in [-0.4, -0.2) is 49.3 Å². The van der Waals surface area contributed by atoms with Gasteiger partial charge in [0.05, 0.1) is 7.11 Å². The maximum Gasteiger partial charge on any atom is 0.322 e. The van der Waals surface area contributed by atoms with Crippen LogP contribution in [0, 0.1) is 0 Å². The van der Waals surface area contributed by atoms with Crippen molar-refractivity contribution in [2.75, 3.05) is 20.2 Å². The Balaban J connectivity index is 0.000000191. The fourth-order valence-electron chi connectivity index (χ4n) is 2.26. The summed E-state index contributed by atoms with van der Waals surface area (Å²) in [4.78, 5) is 21.2. The molecule has 0 spiro atoms. The molecule has 2 rings (SSSR count). The zero-order valence-electron chi connectivity index (χ0n) is 11.5. The molecule has 0 aromatic rings. The van der Waals surface area contributed by atoms with Gasteiger partial charge in [0.25, 0.3) is 0 Å². The Morgan fingerprint density at radius 1 is 1.00 bits per heavy atom. The molecule has 6 nitrogen and oxygen atoms in total. The molecule has 0 unspecified atom stereocenters. The van der Waals surface area contributed by atoms with E-state index >= 15 is 0 Å². The maximum absolute atomic E-state index is 10.9. The first-order valence-electron chi connectivity index (χ1n) is 6.92. The molecule has 110 valence electrons. The molecule has 2 atom stereocenters. The van der Waals surface area contributed by atoms with E-state index in [9.17, 15) is 9.59 Å². The summed E-state index contributed by atoms with van der Waals surface area (Å²) in [7, 11) is 1.43. The van der Waals surface area contributed by atoms with E-state index < -0.39 is 5.97 Å². The smallest absolute Gasteiger partial charge is 0.322 e. The minimum Gasteiger partial charge on any atom is -0.480 e. The van der Waals surface area contributed by atoms with Gasteiger partial charge in [0.1, 0.15) is 12.1 Å². The van der Waals surface area contributed by atoms with E-state index in [1.54, 1.807) is 0 Å². The normalized spacial score (nSPS) is 26.8. The van der Waals surface area contributed by atoms with Crippen LogP contribution in [0.4, 0.5) is 0 Å². The van der Waals surface area contributed by atoms with Gasteiger partial charge in [-0.15, -0.1) is 0 Å². The largest absolute Gasteiger partial charge is 0.480 e. The van der Waals surface area contributed by atoms with Crippen molar-refractivity contribution in [3.63, 3.8) is 0 Å². The molecule has 2 aliphatic rings. The molecule has 19 heavy (non-hydrogen) atoms. The van der Waals surface area contributed by atoms with E-state index in [0.29, 0.717) is 0 Å². The first kappa shape index (κ1) is 15.9. The van der Waals surface area contributed by atoms with Crippen molar-refractivity contribution >= 4 is 11.9 Å². The summed E-state index contributed by atoms with van der Waals surface area (Å²) < 4.78 is 4.59. The van der Waals surface area contributed by atoms with Crippen molar-refractivity contribution in [1.82, 2.24) is 10.6 Å². The van der Waals surface area contributed by atoms with Crippen LogP contribution in [0.1, 0.15) is 38.5 Å². The number of carboxylic acids is 1. The molecule has 0 radical (unpaired) electrons. The second-order valence-electron chi connectivity index (χ2n) is 4.87. The second kappa shape index (κ2) is 8.87. The van der Waals surface area contributed by atoms with Gasteiger partial charge in [0.2, 0.25) is 0 Å². The Labute approximate surface area is 113 Å². The maximum atomic E-state index is 10.9. The zero-order valence-corrected chi connectivity index (χ0v) is 11.5. The highest BCUT2D eigenvalue weighted by Crippen LogP contribution is 2.07. The van der Waals surface area contributed by atoms with Gasteiger partial charge >= 0.3 is 11.9 Å². The van der Waals surface area contributed by atoms with Crippen molar-refractivity contribution < 1.29 is 19.4 Å². The number of piperidine rings is 2. The molecule has 3 N–H and O–H groups in total. The third-order valence-corrected chi connectivity index (χ3v) is 3.40. The lowest BCUT2D eigenvalue weighted by Gasteiger charge is -2.20. The summed E-state index contributed by atoms with van der Waals surface area (Å²) >= 11 is 0. The molecular formula is C13H24N2O4. The van der Waals surface area contributed by atoms with E-state index in [1.165, 1.54) is 13.5 Å². The molecule has 0 saturated carbocycles. The Hall–Kier alpha value is -1.14. The number of ether oxygens (including phenoxy) is 1. The molecule has 2 heterocycles. The third kappa shape index (κ3) is 6.02. The number of carboxylic acid groups (broad SMARTS) is 1. The SMILES string of the molecule is COC(=O)[C@H]1CCCCN1.O=C(O)[C@H]1CCCCN1. The van der Waals surface area contributed by atoms with Crippen molar-refractivity contribution in [3.8, 4) is 0 Å². The van der Waals surface area contributed by atoms with Crippen molar-refractivity contribution in [3.05, 3.63) is 0 Å². The van der Waals surface area contributed by atoms with E-state index in [2.05, 4.69) is 15.4 Å². The van der Waals surface area contributed by atoms with Crippen LogP contribution in [0.2, 0.25) is 0 Å². The number of hydrogen-bond donors (Lipinski definition) is 3. The van der Waals surface area contributed by atoms with Gasteiger partial charge < -0.3 is 20.5 Å². The number of carbonyl (C=O) groups is 2. The number of methoxy groups -OCH3 is 1. The molecule has 0 aliphatic carbocycles. The number of hydrogen-bond acceptors (Lipinski definition) is 5. The predicted molar refractivity (Wildman–Crippen MR) is 70.9 cm³/mol. The van der Waals surface area contributed by atoms with Gasteiger partial charge in [-0.3, -0.25) is 9.59 Å². The summed E-state index contributed by atoms with van der Waals surface area (Å²) in [5.74, 6) is -0.839. The highest BCUT2D eigenvalue weighted by atomic mass is 16.5. The van der Waals surface area contributed by atoms with Crippen LogP contribution < -0.4 is 10.6 Å². The first-order valence-corrected chi connectivity index (χ1v) is 6.92. The molecule has 0 aromatic carbocycles. The fraction of sp³-hybridized carbons (Fsp3) is 0.846. The van der Waals surface area contributed by atoms with Gasteiger partial charge in [-0.05, 0) is 38.8 Å². The van der Waals surface area contributed by atoms with Crippen LogP contribution in [0.15, 0.2) is 0 Å². The van der Waals surface area contributed by atoms with Gasteiger partial charge in [0.15, 0.2) is 0 Å². The molecule has 0 aromatic heterocycles. The van der Waals surface area contributed by atoms with E-state index in [1.807, 2.05) is 0 Å². The lowest BCUT2D eigenvalue weighted by atomic mass is 10.1. The Bertz CT molecular complexity index is 284. The molecule has 2 saturated heterocycles. The Morgan fingerprint density at radius 3 is 1.84 bits per heavy atom. The first-order chi connectivity index (χ1) is 9.15. The number of rotatable bonds is 2. The number of nitrogens with one attached hydrogen (secondary N) is 2. The predicted octanol–water partition coefficient (Wildman–Crippen LogP) is 0.515. The summed E-state index contributed by atoms with van der Waals surface area (Å²) in [5.41, 5.74) is 0. The molecule has 0 bridgehead atoms. The van der Waals surface area contributed by atoms with Crippen LogP contribution in [-0.2, 0) is 14.3 Å². The van der Waals surface area contributed by atoms with Gasteiger partial charge in [-0.2, -0.15) is 0 Å². The van der Waals surface area contributed by atoms with E-state index in [0.717, 1.165) is 45.2 Å². The van der Waals surface area contributed by atoms with Crippen LogP contribution in [0.5, 0.6) is 0 Å². The van der Waals surface area contributed by atoms with Crippen molar-refractivity contribution in [2.45, 2.75) is 50.6 Å². The van der Waals surface area contributed by atoms with E-state index in [-0.39, 0.29) is 18.1 Å². The quantitative estimate of drug-likeness (QED) is 0.635. The topological polar surface area (TPSA) is 87.7 Å². The fourth-order valence-corrected chi connectivity index (χ4v) is 2.26. The Morgan fingerprint density at radius 2 is 1.53 bits per heavy atom. The molecule has 2 aliphatic heterocycles. The Kier molecular flexibility index (Phi) is 7.43. The second-order valence-corrected chi connectivity index (χ2v) is 4.87. The lowest BCUT2D eigenvalue weighted by molar-refractivity contribution is -0.143. The average molecular weight is 272 g/mol. The van der Waals surface area contributed by atoms with Crippen molar-refractivity contribution in [1.29, 1.82) is 0 Å². The van der Waals surface area contributed by atoms with Gasteiger partial charge in [-0.25, -0.2) is 0 Å². The number of carbonyl (C=O) groups excluding carboxylic acids is 1. The highest BCUT2D eigenvalue weighted by molar-refractivity contribution is 5.75. The average Bonchev–Trinajstić information content (AvgIpc) is 2.49. The minimum absolute atomic E-state index is 0.0428. The lowest BCUT2D eigenvalue weighted by Crippen LogP contribution is -2.40. The van der Waals surface area contributed by atoms with Crippen molar-refractivity contribution in [2.24, 2.45) is 0 Å². The van der Waals surface area contributed by atoms with Gasteiger partial charge in [-0.1, -0.05) is 12.8 Å². The molecular weight excluding hydrogens is 248 g/mol. The third-order valence-electron chi connectivity index (χ3n) is 3.40. The van der Waals surface area contributed by atoms with E-state index in [4.69, 9.17) is 5.11 Å². The monoisotopic (exact) mass is 272 g/mol. The molecule has 0 amide bonds. The minimum atomic E-state index is -0.713. The van der Waals surface area contributed by atoms with Crippen LogP contribution >= 0.6 is 0 Å².